The van der Waals surface area contributed by atoms with E-state index in [0.29, 0.717) is 24.6 Å². The molecule has 2 rings (SSSR count). The van der Waals surface area contributed by atoms with Crippen LogP contribution in [0, 0.1) is 5.92 Å². The summed E-state index contributed by atoms with van der Waals surface area (Å²) in [5, 5.41) is 0. The van der Waals surface area contributed by atoms with Crippen molar-refractivity contribution in [2.45, 2.75) is 33.1 Å². The number of piperidine rings is 1. The third-order valence-corrected chi connectivity index (χ3v) is 4.30. The van der Waals surface area contributed by atoms with Gasteiger partial charge in [0.2, 0.25) is 11.8 Å². The summed E-state index contributed by atoms with van der Waals surface area (Å²) < 4.78 is 5.20. The van der Waals surface area contributed by atoms with Crippen molar-refractivity contribution in [3.8, 4) is 5.75 Å². The summed E-state index contributed by atoms with van der Waals surface area (Å²) >= 11 is 0. The van der Waals surface area contributed by atoms with Gasteiger partial charge in [-0.3, -0.25) is 9.59 Å². The van der Waals surface area contributed by atoms with Gasteiger partial charge in [-0.25, -0.2) is 0 Å². The number of hydrogen-bond acceptors (Lipinski definition) is 3. The lowest BCUT2D eigenvalue weighted by Crippen LogP contribution is -2.41. The third-order valence-electron chi connectivity index (χ3n) is 4.30. The number of anilines is 1. The first-order valence-corrected chi connectivity index (χ1v) is 8.21. The van der Waals surface area contributed by atoms with Gasteiger partial charge in [0.05, 0.1) is 7.11 Å². The Hall–Kier alpha value is -2.04. The summed E-state index contributed by atoms with van der Waals surface area (Å²) in [6.45, 7) is 5.76. The molecule has 5 nitrogen and oxygen atoms in total. The lowest BCUT2D eigenvalue weighted by atomic mass is 10.00. The smallest absolute Gasteiger partial charge is 0.224 e. The van der Waals surface area contributed by atoms with Gasteiger partial charge in [-0.1, -0.05) is 13.0 Å². The van der Waals surface area contributed by atoms with E-state index in [4.69, 9.17) is 4.74 Å². The van der Waals surface area contributed by atoms with Crippen molar-refractivity contribution in [3.63, 3.8) is 0 Å². The van der Waals surface area contributed by atoms with Gasteiger partial charge in [0.15, 0.2) is 0 Å². The van der Waals surface area contributed by atoms with Gasteiger partial charge in [0.25, 0.3) is 0 Å². The Labute approximate surface area is 138 Å². The average Bonchev–Trinajstić information content (AvgIpc) is 2.54. The second kappa shape index (κ2) is 7.99. The first-order chi connectivity index (χ1) is 11.0. The molecule has 5 heteroatoms. The number of hydrogen-bond donors (Lipinski definition) is 0. The molecule has 0 aromatic heterocycles. The van der Waals surface area contributed by atoms with Crippen LogP contribution in [0.5, 0.6) is 5.75 Å². The zero-order valence-electron chi connectivity index (χ0n) is 14.2. The number of methoxy groups -OCH3 is 1. The number of carbonyl (C=O) groups excluding carboxylic acids is 2. The molecular weight excluding hydrogens is 292 g/mol. The Morgan fingerprint density at radius 3 is 2.83 bits per heavy atom. The van der Waals surface area contributed by atoms with Crippen LogP contribution in [0.4, 0.5) is 5.69 Å². The van der Waals surface area contributed by atoms with Crippen molar-refractivity contribution in [1.29, 1.82) is 0 Å². The lowest BCUT2D eigenvalue weighted by Gasteiger charge is -2.31. The van der Waals surface area contributed by atoms with Crippen LogP contribution in [0.15, 0.2) is 24.3 Å². The van der Waals surface area contributed by atoms with Gasteiger partial charge < -0.3 is 14.5 Å². The maximum absolute atomic E-state index is 12.4. The highest BCUT2D eigenvalue weighted by atomic mass is 16.5. The molecule has 23 heavy (non-hydrogen) atoms. The van der Waals surface area contributed by atoms with Crippen molar-refractivity contribution in [1.82, 2.24) is 4.90 Å². The first-order valence-electron chi connectivity index (χ1n) is 8.21. The van der Waals surface area contributed by atoms with E-state index in [1.54, 1.807) is 12.0 Å². The molecule has 1 atom stereocenters. The Bertz CT molecular complexity index is 559. The predicted molar refractivity (Wildman–Crippen MR) is 90.6 cm³/mol. The van der Waals surface area contributed by atoms with Crippen molar-refractivity contribution >= 4 is 17.5 Å². The van der Waals surface area contributed by atoms with Crippen LogP contribution in [0.1, 0.15) is 33.1 Å². The topological polar surface area (TPSA) is 49.9 Å². The van der Waals surface area contributed by atoms with Crippen LogP contribution in [0.25, 0.3) is 0 Å². The van der Waals surface area contributed by atoms with E-state index < -0.39 is 0 Å². The zero-order valence-corrected chi connectivity index (χ0v) is 14.2. The summed E-state index contributed by atoms with van der Waals surface area (Å²) in [6, 6.07) is 7.35. The molecule has 1 heterocycles. The highest BCUT2D eigenvalue weighted by Gasteiger charge is 2.22. The normalized spacial score (nSPS) is 17.7. The summed E-state index contributed by atoms with van der Waals surface area (Å²) in [7, 11) is 1.60. The van der Waals surface area contributed by atoms with E-state index in [1.807, 2.05) is 29.2 Å². The van der Waals surface area contributed by atoms with Gasteiger partial charge in [-0.15, -0.1) is 0 Å². The molecule has 1 saturated heterocycles. The maximum Gasteiger partial charge on any atom is 0.224 e. The maximum atomic E-state index is 12.4. The molecule has 0 spiro atoms. The standard InChI is InChI=1S/C18H26N2O3/c1-14-6-5-10-19(13-14)18(22)9-11-20(15(2)21)16-7-4-8-17(12-16)23-3/h4,7-8,12,14H,5-6,9-11,13H2,1-3H3. The minimum atomic E-state index is -0.0712. The lowest BCUT2D eigenvalue weighted by molar-refractivity contribution is -0.132. The second-order valence-corrected chi connectivity index (χ2v) is 6.21. The molecule has 1 unspecified atom stereocenters. The molecule has 0 bridgehead atoms. The van der Waals surface area contributed by atoms with Gasteiger partial charge in [-0.2, -0.15) is 0 Å². The molecule has 126 valence electrons. The Kier molecular flexibility index (Phi) is 6.02. The Balaban J connectivity index is 1.99. The summed E-state index contributed by atoms with van der Waals surface area (Å²) in [4.78, 5) is 27.9. The summed E-state index contributed by atoms with van der Waals surface area (Å²) in [6.07, 6.45) is 2.61. The third kappa shape index (κ3) is 4.71. The summed E-state index contributed by atoms with van der Waals surface area (Å²) in [5.74, 6) is 1.32. The van der Waals surface area contributed by atoms with E-state index in [-0.39, 0.29) is 11.8 Å². The van der Waals surface area contributed by atoms with Gasteiger partial charge in [-0.05, 0) is 30.9 Å². The minimum absolute atomic E-state index is 0.0712. The van der Waals surface area contributed by atoms with Gasteiger partial charge >= 0.3 is 0 Å². The Morgan fingerprint density at radius 1 is 1.39 bits per heavy atom. The van der Waals surface area contributed by atoms with Crippen molar-refractivity contribution in [2.75, 3.05) is 31.6 Å². The quantitative estimate of drug-likeness (QED) is 0.839. The van der Waals surface area contributed by atoms with Crippen LogP contribution in [0.3, 0.4) is 0 Å². The van der Waals surface area contributed by atoms with Crippen molar-refractivity contribution in [2.24, 2.45) is 5.92 Å². The molecule has 0 aliphatic carbocycles. The zero-order chi connectivity index (χ0) is 16.8. The molecule has 1 aliphatic rings. The van der Waals surface area contributed by atoms with Crippen LogP contribution >= 0.6 is 0 Å². The fraction of sp³-hybridized carbons (Fsp3) is 0.556. The highest BCUT2D eigenvalue weighted by molar-refractivity contribution is 5.92. The van der Waals surface area contributed by atoms with E-state index in [0.717, 1.165) is 25.2 Å². The Morgan fingerprint density at radius 2 is 2.17 bits per heavy atom. The van der Waals surface area contributed by atoms with Crippen LogP contribution in [-0.2, 0) is 9.59 Å². The largest absolute Gasteiger partial charge is 0.497 e. The SMILES string of the molecule is COc1cccc(N(CCC(=O)N2CCCC(C)C2)C(C)=O)c1. The molecular formula is C18H26N2O3. The molecule has 0 N–H and O–H groups in total. The number of rotatable bonds is 5. The first kappa shape index (κ1) is 17.3. The molecule has 1 aromatic rings. The molecule has 1 fully saturated rings. The second-order valence-electron chi connectivity index (χ2n) is 6.21. The fourth-order valence-corrected chi connectivity index (χ4v) is 3.03. The van der Waals surface area contributed by atoms with E-state index in [9.17, 15) is 9.59 Å². The molecule has 0 radical (unpaired) electrons. The van der Waals surface area contributed by atoms with E-state index in [1.165, 1.54) is 13.3 Å². The van der Waals surface area contributed by atoms with Gasteiger partial charge in [0.1, 0.15) is 5.75 Å². The fourth-order valence-electron chi connectivity index (χ4n) is 3.03. The van der Waals surface area contributed by atoms with Crippen LogP contribution in [0.2, 0.25) is 0 Å². The van der Waals surface area contributed by atoms with Crippen molar-refractivity contribution < 1.29 is 14.3 Å². The van der Waals surface area contributed by atoms with Crippen LogP contribution < -0.4 is 9.64 Å². The number of amides is 2. The van der Waals surface area contributed by atoms with E-state index >= 15 is 0 Å². The van der Waals surface area contributed by atoms with E-state index in [2.05, 4.69) is 6.92 Å². The number of nitrogens with zero attached hydrogens (tertiary/aromatic N) is 2. The number of carbonyl (C=O) groups is 2. The predicted octanol–water partition coefficient (Wildman–Crippen LogP) is 2.70. The molecule has 2 amide bonds. The number of likely N-dealkylation sites (tertiary alicyclic amines) is 1. The minimum Gasteiger partial charge on any atom is -0.497 e. The van der Waals surface area contributed by atoms with Crippen molar-refractivity contribution in [3.05, 3.63) is 24.3 Å². The number of ether oxygens (including phenoxy) is 1. The average molecular weight is 318 g/mol. The summed E-state index contributed by atoms with van der Waals surface area (Å²) in [5.41, 5.74) is 0.761. The monoisotopic (exact) mass is 318 g/mol. The number of benzene rings is 1. The van der Waals surface area contributed by atoms with Crippen LogP contribution in [-0.4, -0.2) is 43.5 Å². The van der Waals surface area contributed by atoms with Gasteiger partial charge in [0, 0.05) is 44.7 Å². The molecule has 1 aliphatic heterocycles. The molecule has 1 aromatic carbocycles. The highest BCUT2D eigenvalue weighted by Crippen LogP contribution is 2.22. The molecule has 0 saturated carbocycles.